The fourth-order valence-corrected chi connectivity index (χ4v) is 1.15. The largest absolute Gasteiger partial charge is 0.471 e. The fraction of sp³-hybridized carbons (Fsp3) is 0.667. The van der Waals surface area contributed by atoms with E-state index in [0.717, 1.165) is 24.2 Å². The van der Waals surface area contributed by atoms with E-state index in [1.807, 2.05) is 27.7 Å². The first kappa shape index (κ1) is 12.7. The van der Waals surface area contributed by atoms with E-state index in [9.17, 15) is 0 Å². The lowest BCUT2D eigenvalue weighted by Crippen LogP contribution is -2.28. The van der Waals surface area contributed by atoms with Crippen LogP contribution >= 0.6 is 0 Å². The van der Waals surface area contributed by atoms with Crippen molar-refractivity contribution in [3.05, 3.63) is 11.4 Å². The average Bonchev–Trinajstić information content (AvgIpc) is 2.24. The van der Waals surface area contributed by atoms with Crippen LogP contribution in [-0.2, 0) is 6.42 Å². The van der Waals surface area contributed by atoms with Gasteiger partial charge in [-0.3, -0.25) is 0 Å². The molecule has 4 heteroatoms. The Kier molecular flexibility index (Phi) is 3.73. The number of rotatable bonds is 4. The van der Waals surface area contributed by atoms with Crippen LogP contribution < -0.4 is 10.5 Å². The molecule has 0 radical (unpaired) electrons. The van der Waals surface area contributed by atoms with E-state index in [4.69, 9.17) is 10.5 Å². The van der Waals surface area contributed by atoms with Crippen LogP contribution in [0.3, 0.4) is 0 Å². The number of nitrogens with zero attached hydrogens (tertiary/aromatic N) is 2. The predicted molar refractivity (Wildman–Crippen MR) is 65.6 cm³/mol. The van der Waals surface area contributed by atoms with Gasteiger partial charge in [0.15, 0.2) is 0 Å². The second-order valence-corrected chi connectivity index (χ2v) is 4.52. The summed E-state index contributed by atoms with van der Waals surface area (Å²) in [4.78, 5) is 8.57. The van der Waals surface area contributed by atoms with Crippen molar-refractivity contribution in [2.24, 2.45) is 0 Å². The third-order valence-electron chi connectivity index (χ3n) is 2.73. The van der Waals surface area contributed by atoms with Crippen LogP contribution in [0.25, 0.3) is 0 Å². The normalized spacial score (nSPS) is 11.6. The minimum atomic E-state index is -0.226. The van der Waals surface area contributed by atoms with Crippen LogP contribution in [0.1, 0.15) is 45.5 Å². The van der Waals surface area contributed by atoms with E-state index >= 15 is 0 Å². The molecule has 0 atom stereocenters. The molecule has 1 aromatic rings. The number of ether oxygens (including phenoxy) is 1. The first-order chi connectivity index (χ1) is 7.39. The number of aromatic nitrogens is 2. The number of anilines is 1. The molecule has 0 aromatic carbocycles. The van der Waals surface area contributed by atoms with Crippen molar-refractivity contribution in [2.75, 3.05) is 5.73 Å². The lowest BCUT2D eigenvalue weighted by Gasteiger charge is -2.25. The molecule has 1 heterocycles. The van der Waals surface area contributed by atoms with E-state index in [2.05, 4.69) is 16.9 Å². The van der Waals surface area contributed by atoms with Gasteiger partial charge in [0.25, 0.3) is 0 Å². The molecule has 0 saturated carbocycles. The standard InChI is InChI=1S/C12H21N3O/c1-6-9-14-10(13)8(3)11(15-9)16-12(4,5)7-2/h6-7H2,1-5H3,(H2,13,14,15). The summed E-state index contributed by atoms with van der Waals surface area (Å²) in [6.45, 7) is 10.0. The number of nitrogens with two attached hydrogens (primary N) is 1. The van der Waals surface area contributed by atoms with E-state index in [-0.39, 0.29) is 5.60 Å². The average molecular weight is 223 g/mol. The van der Waals surface area contributed by atoms with Crippen molar-refractivity contribution in [1.82, 2.24) is 9.97 Å². The van der Waals surface area contributed by atoms with Gasteiger partial charge in [0.05, 0.1) is 5.56 Å². The van der Waals surface area contributed by atoms with Gasteiger partial charge < -0.3 is 10.5 Å². The predicted octanol–water partition coefficient (Wildman–Crippen LogP) is 2.50. The zero-order chi connectivity index (χ0) is 12.3. The number of hydrogen-bond donors (Lipinski definition) is 1. The zero-order valence-electron chi connectivity index (χ0n) is 10.8. The molecule has 0 amide bonds. The summed E-state index contributed by atoms with van der Waals surface area (Å²) >= 11 is 0. The van der Waals surface area contributed by atoms with Crippen LogP contribution in [0.15, 0.2) is 0 Å². The van der Waals surface area contributed by atoms with Crippen LogP contribution in [0.5, 0.6) is 5.88 Å². The Morgan fingerprint density at radius 2 is 1.88 bits per heavy atom. The highest BCUT2D eigenvalue weighted by Gasteiger charge is 2.20. The fourth-order valence-electron chi connectivity index (χ4n) is 1.15. The second kappa shape index (κ2) is 4.68. The molecule has 1 aromatic heterocycles. The number of aryl methyl sites for hydroxylation is 1. The molecular formula is C12H21N3O. The minimum absolute atomic E-state index is 0.226. The third-order valence-corrected chi connectivity index (χ3v) is 2.73. The summed E-state index contributed by atoms with van der Waals surface area (Å²) in [6, 6.07) is 0. The molecule has 1 rings (SSSR count). The maximum absolute atomic E-state index is 5.87. The van der Waals surface area contributed by atoms with Crippen molar-refractivity contribution in [1.29, 1.82) is 0 Å². The van der Waals surface area contributed by atoms with Gasteiger partial charge in [-0.25, -0.2) is 4.98 Å². The lowest BCUT2D eigenvalue weighted by molar-refractivity contribution is 0.0976. The van der Waals surface area contributed by atoms with Crippen LogP contribution in [-0.4, -0.2) is 15.6 Å². The maximum Gasteiger partial charge on any atom is 0.222 e. The van der Waals surface area contributed by atoms with E-state index in [0.29, 0.717) is 11.7 Å². The van der Waals surface area contributed by atoms with Crippen molar-refractivity contribution in [3.8, 4) is 5.88 Å². The van der Waals surface area contributed by atoms with Gasteiger partial charge in [-0.15, -0.1) is 0 Å². The van der Waals surface area contributed by atoms with Crippen molar-refractivity contribution in [3.63, 3.8) is 0 Å². The van der Waals surface area contributed by atoms with Crippen LogP contribution in [0.4, 0.5) is 5.82 Å². The lowest BCUT2D eigenvalue weighted by atomic mass is 10.1. The maximum atomic E-state index is 5.87. The second-order valence-electron chi connectivity index (χ2n) is 4.52. The molecule has 16 heavy (non-hydrogen) atoms. The quantitative estimate of drug-likeness (QED) is 0.852. The minimum Gasteiger partial charge on any atom is -0.471 e. The SMILES string of the molecule is CCc1nc(N)c(C)c(OC(C)(C)CC)n1. The highest BCUT2D eigenvalue weighted by Crippen LogP contribution is 2.25. The summed E-state index contributed by atoms with van der Waals surface area (Å²) in [5.74, 6) is 1.84. The Bertz CT molecular complexity index is 375. The van der Waals surface area contributed by atoms with E-state index in [1.165, 1.54) is 0 Å². The van der Waals surface area contributed by atoms with Gasteiger partial charge in [0.1, 0.15) is 17.2 Å². The molecule has 0 unspecified atom stereocenters. The molecule has 2 N–H and O–H groups in total. The molecule has 0 saturated heterocycles. The molecule has 0 fully saturated rings. The molecule has 0 aliphatic rings. The smallest absolute Gasteiger partial charge is 0.222 e. The Morgan fingerprint density at radius 1 is 1.25 bits per heavy atom. The van der Waals surface area contributed by atoms with Crippen molar-refractivity contribution < 1.29 is 4.74 Å². The molecule has 90 valence electrons. The Labute approximate surface area is 97.2 Å². The van der Waals surface area contributed by atoms with Gasteiger partial charge in [0, 0.05) is 6.42 Å². The van der Waals surface area contributed by atoms with Gasteiger partial charge in [-0.1, -0.05) is 13.8 Å². The van der Waals surface area contributed by atoms with Crippen LogP contribution in [0, 0.1) is 6.92 Å². The Morgan fingerprint density at radius 3 is 2.38 bits per heavy atom. The van der Waals surface area contributed by atoms with Crippen molar-refractivity contribution in [2.45, 2.75) is 53.1 Å². The third kappa shape index (κ3) is 2.84. The molecule has 4 nitrogen and oxygen atoms in total. The molecule has 0 bridgehead atoms. The summed E-state index contributed by atoms with van der Waals surface area (Å²) in [5.41, 5.74) is 6.42. The summed E-state index contributed by atoms with van der Waals surface area (Å²) in [7, 11) is 0. The van der Waals surface area contributed by atoms with Gasteiger partial charge in [-0.05, 0) is 27.2 Å². The summed E-state index contributed by atoms with van der Waals surface area (Å²) in [5, 5.41) is 0. The number of nitrogen functional groups attached to an aromatic ring is 1. The Balaban J connectivity index is 3.08. The molecule has 0 aliphatic heterocycles. The molecular weight excluding hydrogens is 202 g/mol. The van der Waals surface area contributed by atoms with E-state index < -0.39 is 0 Å². The highest BCUT2D eigenvalue weighted by molar-refractivity contribution is 5.44. The summed E-state index contributed by atoms with van der Waals surface area (Å²) < 4.78 is 5.87. The topological polar surface area (TPSA) is 61.0 Å². The highest BCUT2D eigenvalue weighted by atomic mass is 16.5. The Hall–Kier alpha value is -1.32. The van der Waals surface area contributed by atoms with Gasteiger partial charge >= 0.3 is 0 Å². The first-order valence-corrected chi connectivity index (χ1v) is 5.71. The van der Waals surface area contributed by atoms with Gasteiger partial charge in [-0.2, -0.15) is 4.98 Å². The van der Waals surface area contributed by atoms with E-state index in [1.54, 1.807) is 0 Å². The van der Waals surface area contributed by atoms with Gasteiger partial charge in [0.2, 0.25) is 5.88 Å². The monoisotopic (exact) mass is 223 g/mol. The van der Waals surface area contributed by atoms with Crippen molar-refractivity contribution >= 4 is 5.82 Å². The molecule has 0 spiro atoms. The zero-order valence-corrected chi connectivity index (χ0v) is 10.8. The van der Waals surface area contributed by atoms with Crippen LogP contribution in [0.2, 0.25) is 0 Å². The number of hydrogen-bond acceptors (Lipinski definition) is 4. The molecule has 0 aliphatic carbocycles. The summed E-state index contributed by atoms with van der Waals surface area (Å²) in [6.07, 6.45) is 1.67. The first-order valence-electron chi connectivity index (χ1n) is 5.71.